The van der Waals surface area contributed by atoms with Gasteiger partial charge in [0, 0.05) is 24.6 Å². The van der Waals surface area contributed by atoms with Gasteiger partial charge in [0.05, 0.1) is 0 Å². The standard InChI is InChI=1S/C18H28N2O2/c1-13(2)12-14-8-4-3-7-11-20(14)18(21)17-15-9-5-6-10-16(15)22-19-17/h13-14H,3-12H2,1-2H3/t14-/m0/s1. The first kappa shape index (κ1) is 15.6. The summed E-state index contributed by atoms with van der Waals surface area (Å²) in [7, 11) is 0. The Labute approximate surface area is 133 Å². The molecule has 22 heavy (non-hydrogen) atoms. The van der Waals surface area contributed by atoms with Crippen LogP contribution < -0.4 is 0 Å². The topological polar surface area (TPSA) is 46.3 Å². The van der Waals surface area contributed by atoms with Crippen LogP contribution >= 0.6 is 0 Å². The zero-order chi connectivity index (χ0) is 15.5. The molecule has 4 heteroatoms. The van der Waals surface area contributed by atoms with E-state index in [1.807, 2.05) is 0 Å². The molecule has 2 aliphatic rings. The van der Waals surface area contributed by atoms with Crippen molar-refractivity contribution in [2.45, 2.75) is 77.7 Å². The second-order valence-electron chi connectivity index (χ2n) is 7.27. The van der Waals surface area contributed by atoms with Gasteiger partial charge in [0.25, 0.3) is 5.91 Å². The van der Waals surface area contributed by atoms with Gasteiger partial charge in [-0.2, -0.15) is 0 Å². The highest BCUT2D eigenvalue weighted by Gasteiger charge is 2.32. The van der Waals surface area contributed by atoms with Crippen LogP contribution in [0.4, 0.5) is 0 Å². The Kier molecular flexibility index (Phi) is 4.84. The van der Waals surface area contributed by atoms with Gasteiger partial charge < -0.3 is 9.42 Å². The predicted molar refractivity (Wildman–Crippen MR) is 85.9 cm³/mol. The zero-order valence-corrected chi connectivity index (χ0v) is 13.9. The normalized spacial score (nSPS) is 22.5. The summed E-state index contributed by atoms with van der Waals surface area (Å²) in [6.45, 7) is 5.36. The van der Waals surface area contributed by atoms with Gasteiger partial charge in [-0.15, -0.1) is 0 Å². The second kappa shape index (κ2) is 6.84. The molecule has 1 aliphatic carbocycles. The summed E-state index contributed by atoms with van der Waals surface area (Å²) in [6, 6.07) is 0.367. The predicted octanol–water partition coefficient (Wildman–Crippen LogP) is 3.98. The first-order chi connectivity index (χ1) is 10.7. The number of rotatable bonds is 3. The Balaban J connectivity index is 1.83. The van der Waals surface area contributed by atoms with Crippen molar-refractivity contribution in [1.82, 2.24) is 10.1 Å². The lowest BCUT2D eigenvalue weighted by Gasteiger charge is -2.31. The first-order valence-electron chi connectivity index (χ1n) is 8.95. The SMILES string of the molecule is CC(C)C[C@@H]1CCCCCN1C(=O)c1noc2c1CCCC2. The molecule has 1 amide bonds. The number of nitrogens with zero attached hydrogens (tertiary/aromatic N) is 2. The van der Waals surface area contributed by atoms with Gasteiger partial charge in [-0.1, -0.05) is 31.8 Å². The van der Waals surface area contributed by atoms with E-state index in [9.17, 15) is 4.79 Å². The molecule has 2 heterocycles. The maximum absolute atomic E-state index is 13.1. The van der Waals surface area contributed by atoms with E-state index in [4.69, 9.17) is 4.52 Å². The Morgan fingerprint density at radius 3 is 2.86 bits per heavy atom. The van der Waals surface area contributed by atoms with E-state index in [2.05, 4.69) is 23.9 Å². The third kappa shape index (κ3) is 3.21. The lowest BCUT2D eigenvalue weighted by atomic mass is 9.95. The molecule has 0 spiro atoms. The fourth-order valence-corrected chi connectivity index (χ4v) is 3.92. The minimum atomic E-state index is 0.111. The average Bonchev–Trinajstić information content (AvgIpc) is 2.80. The van der Waals surface area contributed by atoms with Crippen LogP contribution in [-0.4, -0.2) is 28.6 Å². The van der Waals surface area contributed by atoms with Crippen molar-refractivity contribution in [1.29, 1.82) is 0 Å². The number of fused-ring (bicyclic) bond motifs is 1. The van der Waals surface area contributed by atoms with Crippen molar-refractivity contribution in [3.05, 3.63) is 17.0 Å². The van der Waals surface area contributed by atoms with Crippen LogP contribution in [0.3, 0.4) is 0 Å². The monoisotopic (exact) mass is 304 g/mol. The van der Waals surface area contributed by atoms with Crippen LogP contribution in [0.25, 0.3) is 0 Å². The summed E-state index contributed by atoms with van der Waals surface area (Å²) in [6.07, 6.45) is 9.97. The van der Waals surface area contributed by atoms with E-state index < -0.39 is 0 Å². The number of amides is 1. The molecule has 1 aromatic heterocycles. The fraction of sp³-hybridized carbons (Fsp3) is 0.778. The van der Waals surface area contributed by atoms with Crippen LogP contribution in [0.1, 0.15) is 80.6 Å². The summed E-state index contributed by atoms with van der Waals surface area (Å²) in [5.41, 5.74) is 1.69. The average molecular weight is 304 g/mol. The van der Waals surface area contributed by atoms with Crippen LogP contribution in [0, 0.1) is 5.92 Å². The van der Waals surface area contributed by atoms with Crippen LogP contribution in [0.5, 0.6) is 0 Å². The van der Waals surface area contributed by atoms with Crippen molar-refractivity contribution in [3.8, 4) is 0 Å². The van der Waals surface area contributed by atoms with Gasteiger partial charge in [0.2, 0.25) is 0 Å². The molecular weight excluding hydrogens is 276 g/mol. The summed E-state index contributed by atoms with van der Waals surface area (Å²) < 4.78 is 5.45. The largest absolute Gasteiger partial charge is 0.360 e. The van der Waals surface area contributed by atoms with Gasteiger partial charge in [0.15, 0.2) is 5.69 Å². The minimum Gasteiger partial charge on any atom is -0.360 e. The number of aryl methyl sites for hydroxylation is 1. The number of hydrogen-bond donors (Lipinski definition) is 0. The highest BCUT2D eigenvalue weighted by molar-refractivity contribution is 5.94. The minimum absolute atomic E-state index is 0.111. The summed E-state index contributed by atoms with van der Waals surface area (Å²) in [4.78, 5) is 15.2. The number of aromatic nitrogens is 1. The van der Waals surface area contributed by atoms with Crippen molar-refractivity contribution >= 4 is 5.91 Å². The highest BCUT2D eigenvalue weighted by Crippen LogP contribution is 2.28. The van der Waals surface area contributed by atoms with E-state index in [-0.39, 0.29) is 5.91 Å². The lowest BCUT2D eigenvalue weighted by Crippen LogP contribution is -2.41. The number of hydrogen-bond acceptors (Lipinski definition) is 3. The smallest absolute Gasteiger partial charge is 0.276 e. The Hall–Kier alpha value is -1.32. The molecule has 1 atom stereocenters. The second-order valence-corrected chi connectivity index (χ2v) is 7.27. The van der Waals surface area contributed by atoms with Gasteiger partial charge >= 0.3 is 0 Å². The lowest BCUT2D eigenvalue weighted by molar-refractivity contribution is 0.0649. The molecule has 4 nitrogen and oxygen atoms in total. The number of carbonyl (C=O) groups is 1. The maximum Gasteiger partial charge on any atom is 0.276 e. The van der Waals surface area contributed by atoms with Crippen molar-refractivity contribution in [3.63, 3.8) is 0 Å². The third-order valence-corrected chi connectivity index (χ3v) is 5.03. The van der Waals surface area contributed by atoms with Gasteiger partial charge in [0.1, 0.15) is 5.76 Å². The third-order valence-electron chi connectivity index (χ3n) is 5.03. The number of likely N-dealkylation sites (tertiary alicyclic amines) is 1. The summed E-state index contributed by atoms with van der Waals surface area (Å²) in [5.74, 6) is 1.67. The van der Waals surface area contributed by atoms with Gasteiger partial charge in [-0.3, -0.25) is 4.79 Å². The zero-order valence-electron chi connectivity index (χ0n) is 13.9. The molecule has 1 fully saturated rings. The van der Waals surface area contributed by atoms with Crippen LogP contribution in [-0.2, 0) is 12.8 Å². The molecule has 1 aromatic rings. The molecule has 1 saturated heterocycles. The molecule has 3 rings (SSSR count). The summed E-state index contributed by atoms with van der Waals surface area (Å²) in [5, 5.41) is 4.15. The van der Waals surface area contributed by atoms with E-state index in [0.29, 0.717) is 17.7 Å². The molecule has 0 aromatic carbocycles. The maximum atomic E-state index is 13.1. The number of carbonyl (C=O) groups excluding carboxylic acids is 1. The Morgan fingerprint density at radius 2 is 2.05 bits per heavy atom. The van der Waals surface area contributed by atoms with Crippen molar-refractivity contribution in [2.75, 3.05) is 6.54 Å². The summed E-state index contributed by atoms with van der Waals surface area (Å²) >= 11 is 0. The van der Waals surface area contributed by atoms with E-state index in [0.717, 1.165) is 62.8 Å². The Morgan fingerprint density at radius 1 is 1.23 bits per heavy atom. The highest BCUT2D eigenvalue weighted by atomic mass is 16.5. The van der Waals surface area contributed by atoms with Gasteiger partial charge in [-0.25, -0.2) is 0 Å². The molecule has 0 unspecified atom stereocenters. The van der Waals surface area contributed by atoms with E-state index >= 15 is 0 Å². The molecule has 0 saturated carbocycles. The molecule has 0 bridgehead atoms. The molecular formula is C18H28N2O2. The van der Waals surface area contributed by atoms with Crippen LogP contribution in [0.15, 0.2) is 4.52 Å². The fourth-order valence-electron chi connectivity index (χ4n) is 3.92. The van der Waals surface area contributed by atoms with Crippen LogP contribution in [0.2, 0.25) is 0 Å². The van der Waals surface area contributed by atoms with Crippen molar-refractivity contribution in [2.24, 2.45) is 5.92 Å². The molecule has 0 radical (unpaired) electrons. The van der Waals surface area contributed by atoms with Crippen molar-refractivity contribution < 1.29 is 9.32 Å². The quantitative estimate of drug-likeness (QED) is 0.848. The van der Waals surface area contributed by atoms with Gasteiger partial charge in [-0.05, 0) is 44.4 Å². The molecule has 0 N–H and O–H groups in total. The Bertz CT molecular complexity index is 521. The molecule has 122 valence electrons. The van der Waals surface area contributed by atoms with E-state index in [1.54, 1.807) is 0 Å². The first-order valence-corrected chi connectivity index (χ1v) is 8.95. The molecule has 1 aliphatic heterocycles. The van der Waals surface area contributed by atoms with E-state index in [1.165, 1.54) is 12.8 Å².